The molecular weight excluding hydrogens is 515 g/mol. The van der Waals surface area contributed by atoms with Crippen LogP contribution in [0.2, 0.25) is 10.0 Å². The van der Waals surface area contributed by atoms with E-state index in [-0.39, 0.29) is 35.0 Å². The number of carbonyl (C=O) groups is 1. The minimum atomic E-state index is -0.552. The van der Waals surface area contributed by atoms with E-state index in [1.165, 1.54) is 4.88 Å². The summed E-state index contributed by atoms with van der Waals surface area (Å²) in [6.45, 7) is 7.96. The summed E-state index contributed by atoms with van der Waals surface area (Å²) in [5.74, 6) is -0.0333. The molecule has 198 valence electrons. The van der Waals surface area contributed by atoms with E-state index < -0.39 is 6.10 Å². The fourth-order valence-electron chi connectivity index (χ4n) is 6.32. The third-order valence-electron chi connectivity index (χ3n) is 8.41. The van der Waals surface area contributed by atoms with Gasteiger partial charge in [-0.2, -0.15) is 0 Å². The van der Waals surface area contributed by atoms with Gasteiger partial charge in [0.15, 0.2) is 5.13 Å². The molecule has 9 heteroatoms. The molecule has 4 rings (SSSR count). The zero-order valence-corrected chi connectivity index (χ0v) is 24.3. The van der Waals surface area contributed by atoms with Crippen LogP contribution in [0.3, 0.4) is 0 Å². The Morgan fingerprint density at radius 3 is 2.58 bits per heavy atom. The minimum Gasteiger partial charge on any atom is -0.392 e. The highest BCUT2D eigenvalue weighted by atomic mass is 35.5. The molecule has 0 radical (unpaired) electrons. The monoisotopic (exact) mass is 552 g/mol. The summed E-state index contributed by atoms with van der Waals surface area (Å²) in [6, 6.07) is 5.43. The molecule has 36 heavy (non-hydrogen) atoms. The van der Waals surface area contributed by atoms with Crippen molar-refractivity contribution in [3.8, 4) is 0 Å². The number of amides is 1. The highest BCUT2D eigenvalue weighted by Crippen LogP contribution is 2.57. The molecule has 0 spiro atoms. The summed E-state index contributed by atoms with van der Waals surface area (Å²) < 4.78 is 0. The SMILES string of the molecule is C[C@H](C(=O)N(C)CCN(C)C)[C@H]1CC[C@@]2(C)Cc3sc(Nc4c(Cl)cccc4Cl)nc3[C@@H](C)[C@@H]2[C@H]1O. The molecule has 2 aliphatic rings. The molecule has 1 amide bonds. The van der Waals surface area contributed by atoms with Gasteiger partial charge in [0.2, 0.25) is 5.91 Å². The Morgan fingerprint density at radius 1 is 1.28 bits per heavy atom. The summed E-state index contributed by atoms with van der Waals surface area (Å²) in [6.07, 6.45) is 2.16. The zero-order chi connectivity index (χ0) is 26.4. The summed E-state index contributed by atoms with van der Waals surface area (Å²) in [5, 5.41) is 16.9. The fraction of sp³-hybridized carbons (Fsp3) is 0.630. The number of aromatic nitrogens is 1. The van der Waals surface area contributed by atoms with Crippen LogP contribution in [0.25, 0.3) is 0 Å². The number of hydrogen-bond acceptors (Lipinski definition) is 6. The number of nitrogens with one attached hydrogen (secondary N) is 1. The Kier molecular flexibility index (Phi) is 8.28. The molecule has 2 N–H and O–H groups in total. The summed E-state index contributed by atoms with van der Waals surface area (Å²) in [5.41, 5.74) is 1.66. The molecule has 6 nitrogen and oxygen atoms in total. The van der Waals surface area contributed by atoms with Crippen LogP contribution < -0.4 is 5.32 Å². The number of aliphatic hydroxyl groups is 1. The van der Waals surface area contributed by atoms with Gasteiger partial charge < -0.3 is 20.2 Å². The number of carbonyl (C=O) groups excluding carboxylic acids is 1. The number of halogens is 2. The van der Waals surface area contributed by atoms with Gasteiger partial charge in [-0.3, -0.25) is 4.79 Å². The molecule has 6 atom stereocenters. The standard InChI is InChI=1S/C27H38Cl2N4O2S/c1-15(25(35)33(6)13-12-32(4)5)17-10-11-27(3)14-20-22(16(2)21(27)24(17)34)30-26(36-20)31-23-18(28)8-7-9-19(23)29/h7-9,15-17,21,24,34H,10-14H2,1-6H3,(H,30,31)/t15-,16-,17+,21+,24-,27-/m0/s1. The number of fused-ring (bicyclic) bond motifs is 2. The first-order chi connectivity index (χ1) is 16.9. The predicted octanol–water partition coefficient (Wildman–Crippen LogP) is 5.90. The van der Waals surface area contributed by atoms with Gasteiger partial charge in [0, 0.05) is 36.9 Å². The van der Waals surface area contributed by atoms with Crippen molar-refractivity contribution in [3.05, 3.63) is 38.8 Å². The van der Waals surface area contributed by atoms with E-state index in [0.717, 1.165) is 36.6 Å². The smallest absolute Gasteiger partial charge is 0.225 e. The highest BCUT2D eigenvalue weighted by Gasteiger charge is 2.54. The first-order valence-corrected chi connectivity index (χ1v) is 14.3. The first kappa shape index (κ1) is 27.6. The number of benzene rings is 1. The second-order valence-corrected chi connectivity index (χ2v) is 13.1. The number of likely N-dealkylation sites (N-methyl/N-ethyl adjacent to an activating group) is 2. The maximum Gasteiger partial charge on any atom is 0.225 e. The van der Waals surface area contributed by atoms with E-state index in [0.29, 0.717) is 22.3 Å². The summed E-state index contributed by atoms with van der Waals surface area (Å²) in [4.78, 5) is 23.3. The maximum absolute atomic E-state index is 13.2. The van der Waals surface area contributed by atoms with E-state index in [2.05, 4.69) is 24.1 Å². The maximum atomic E-state index is 13.2. The van der Waals surface area contributed by atoms with Crippen LogP contribution in [0.1, 0.15) is 50.1 Å². The van der Waals surface area contributed by atoms with Crippen LogP contribution in [0.5, 0.6) is 0 Å². The highest BCUT2D eigenvalue weighted by molar-refractivity contribution is 7.15. The van der Waals surface area contributed by atoms with Crippen molar-refractivity contribution in [2.75, 3.05) is 39.5 Å². The van der Waals surface area contributed by atoms with Crippen molar-refractivity contribution < 1.29 is 9.90 Å². The minimum absolute atomic E-state index is 0.0340. The van der Waals surface area contributed by atoms with Crippen LogP contribution >= 0.6 is 34.5 Å². The number of thiazole rings is 1. The topological polar surface area (TPSA) is 68.7 Å². The lowest BCUT2D eigenvalue weighted by Crippen LogP contribution is -2.53. The normalized spacial score (nSPS) is 28.4. The quantitative estimate of drug-likeness (QED) is 0.447. The van der Waals surface area contributed by atoms with Crippen molar-refractivity contribution in [2.45, 2.75) is 52.1 Å². The van der Waals surface area contributed by atoms with Crippen LogP contribution in [-0.4, -0.2) is 66.1 Å². The van der Waals surface area contributed by atoms with Crippen molar-refractivity contribution in [3.63, 3.8) is 0 Å². The molecule has 2 aromatic rings. The van der Waals surface area contributed by atoms with Gasteiger partial charge in [-0.1, -0.05) is 50.0 Å². The largest absolute Gasteiger partial charge is 0.392 e. The van der Waals surface area contributed by atoms with Crippen LogP contribution in [0, 0.1) is 23.2 Å². The third-order valence-corrected chi connectivity index (χ3v) is 10.0. The Labute approximate surface area is 229 Å². The molecule has 1 heterocycles. The van der Waals surface area contributed by atoms with Gasteiger partial charge in [0.25, 0.3) is 0 Å². The van der Waals surface area contributed by atoms with Gasteiger partial charge in [-0.25, -0.2) is 4.98 Å². The van der Waals surface area contributed by atoms with E-state index in [1.54, 1.807) is 23.5 Å². The first-order valence-electron chi connectivity index (χ1n) is 12.7. The lowest BCUT2D eigenvalue weighted by Gasteiger charge is -2.53. The van der Waals surface area contributed by atoms with Gasteiger partial charge in [0.05, 0.1) is 27.5 Å². The molecule has 1 fully saturated rings. The molecule has 0 bridgehead atoms. The second kappa shape index (κ2) is 10.8. The van der Waals surface area contributed by atoms with Crippen LogP contribution in [0.4, 0.5) is 10.8 Å². The Morgan fingerprint density at radius 2 is 1.94 bits per heavy atom. The van der Waals surface area contributed by atoms with Crippen molar-refractivity contribution in [1.82, 2.24) is 14.8 Å². The summed E-state index contributed by atoms with van der Waals surface area (Å²) in [7, 11) is 5.88. The third kappa shape index (κ3) is 5.28. The average Bonchev–Trinajstić information content (AvgIpc) is 3.21. The van der Waals surface area contributed by atoms with Gasteiger partial charge in [0.1, 0.15) is 0 Å². The molecule has 1 aromatic carbocycles. The molecule has 1 aromatic heterocycles. The predicted molar refractivity (Wildman–Crippen MR) is 150 cm³/mol. The number of anilines is 2. The molecule has 1 saturated carbocycles. The van der Waals surface area contributed by atoms with Crippen molar-refractivity contribution >= 4 is 51.3 Å². The number of aliphatic hydroxyl groups excluding tert-OH is 1. The van der Waals surface area contributed by atoms with E-state index in [4.69, 9.17) is 28.2 Å². The van der Waals surface area contributed by atoms with Crippen LogP contribution in [0.15, 0.2) is 18.2 Å². The lowest BCUT2D eigenvalue weighted by atomic mass is 9.53. The summed E-state index contributed by atoms with van der Waals surface area (Å²) >= 11 is 14.4. The van der Waals surface area contributed by atoms with Gasteiger partial charge >= 0.3 is 0 Å². The van der Waals surface area contributed by atoms with Gasteiger partial charge in [-0.05, 0) is 62.7 Å². The molecule has 2 aliphatic carbocycles. The second-order valence-electron chi connectivity index (χ2n) is 11.2. The molecular formula is C27H38Cl2N4O2S. The number of para-hydroxylation sites is 1. The molecule has 0 aliphatic heterocycles. The zero-order valence-electron chi connectivity index (χ0n) is 22.0. The lowest BCUT2D eigenvalue weighted by molar-refractivity contribution is -0.143. The van der Waals surface area contributed by atoms with Crippen molar-refractivity contribution in [2.24, 2.45) is 23.2 Å². The Balaban J connectivity index is 1.54. The Bertz CT molecular complexity index is 1090. The van der Waals surface area contributed by atoms with Crippen LogP contribution in [-0.2, 0) is 11.2 Å². The Hall–Kier alpha value is -1.38. The van der Waals surface area contributed by atoms with E-state index >= 15 is 0 Å². The fourth-order valence-corrected chi connectivity index (χ4v) is 8.08. The number of nitrogens with zero attached hydrogens (tertiary/aromatic N) is 3. The van der Waals surface area contributed by atoms with E-state index in [1.807, 2.05) is 39.0 Å². The number of rotatable bonds is 7. The van der Waals surface area contributed by atoms with E-state index in [9.17, 15) is 9.90 Å². The van der Waals surface area contributed by atoms with Gasteiger partial charge in [-0.15, -0.1) is 11.3 Å². The number of hydrogen-bond donors (Lipinski definition) is 2. The molecule has 0 unspecified atom stereocenters. The average molecular weight is 554 g/mol. The molecule has 0 saturated heterocycles. The van der Waals surface area contributed by atoms with Crippen molar-refractivity contribution in [1.29, 1.82) is 0 Å².